The number of hydrogen-bond donors (Lipinski definition) is 3. The minimum absolute atomic E-state index is 0.0538. The molecular weight excluding hydrogens is 444 g/mol. The van der Waals surface area contributed by atoms with Crippen molar-refractivity contribution in [3.63, 3.8) is 0 Å². The van der Waals surface area contributed by atoms with Gasteiger partial charge in [0.1, 0.15) is 5.82 Å². The molecule has 33 heavy (non-hydrogen) atoms. The fourth-order valence-electron chi connectivity index (χ4n) is 3.92. The van der Waals surface area contributed by atoms with Gasteiger partial charge in [0.15, 0.2) is 5.78 Å². The van der Waals surface area contributed by atoms with Crippen LogP contribution in [0.15, 0.2) is 48.7 Å². The van der Waals surface area contributed by atoms with E-state index >= 15 is 0 Å². The van der Waals surface area contributed by atoms with Gasteiger partial charge in [-0.1, -0.05) is 18.2 Å². The van der Waals surface area contributed by atoms with Crippen LogP contribution < -0.4 is 10.6 Å². The van der Waals surface area contributed by atoms with Gasteiger partial charge in [-0.3, -0.25) is 13.8 Å². The number of pyridine rings is 1. The fraction of sp³-hybridized carbons (Fsp3) is 0.261. The molecule has 0 spiro atoms. The zero-order chi connectivity index (χ0) is 23.6. The molecular formula is C23H24N4O5S. The number of ketones is 1. The maximum absolute atomic E-state index is 13.2. The highest BCUT2D eigenvalue weighted by atomic mass is 32.2. The Morgan fingerprint density at radius 2 is 1.97 bits per heavy atom. The number of H-pyrrole nitrogens is 1. The van der Waals surface area contributed by atoms with Gasteiger partial charge in [0.2, 0.25) is 5.91 Å². The van der Waals surface area contributed by atoms with Crippen LogP contribution >= 0.6 is 0 Å². The number of aromatic nitrogens is 2. The van der Waals surface area contributed by atoms with Crippen molar-refractivity contribution in [2.75, 3.05) is 23.5 Å². The third kappa shape index (κ3) is 5.47. The van der Waals surface area contributed by atoms with Gasteiger partial charge in [-0.15, -0.1) is 0 Å². The predicted octanol–water partition coefficient (Wildman–Crippen LogP) is 3.50. The average molecular weight is 469 g/mol. The summed E-state index contributed by atoms with van der Waals surface area (Å²) in [6, 6.07) is 13.0. The molecule has 1 atom stereocenters. The quantitative estimate of drug-likeness (QED) is 0.452. The molecule has 2 aromatic heterocycles. The first-order valence-electron chi connectivity index (χ1n) is 10.4. The Morgan fingerprint density at radius 3 is 2.67 bits per heavy atom. The zero-order valence-electron chi connectivity index (χ0n) is 18.2. The summed E-state index contributed by atoms with van der Waals surface area (Å²) in [5.41, 5.74) is 4.10. The molecule has 3 aromatic rings. The number of rotatable bonds is 7. The molecule has 1 amide bonds. The lowest BCUT2D eigenvalue weighted by molar-refractivity contribution is -0.114. The number of para-hydroxylation sites is 1. The Labute approximate surface area is 191 Å². The number of Topliss-reactive ketones (excluding diaryl/α,β-unsaturated/α-hetero) is 1. The number of nitrogens with zero attached hydrogens (tertiary/aromatic N) is 1. The molecule has 172 valence electrons. The number of aromatic amines is 1. The number of carbonyl (C=O) groups is 2. The topological polar surface area (TPSA) is 130 Å². The second kappa shape index (κ2) is 9.16. The van der Waals surface area contributed by atoms with Crippen molar-refractivity contribution in [3.05, 3.63) is 59.9 Å². The summed E-state index contributed by atoms with van der Waals surface area (Å²) >= 11 is 0. The van der Waals surface area contributed by atoms with Crippen LogP contribution in [0.3, 0.4) is 0 Å². The smallest absolute Gasteiger partial charge is 0.264 e. The van der Waals surface area contributed by atoms with E-state index in [4.69, 9.17) is 4.18 Å². The first-order valence-corrected chi connectivity index (χ1v) is 12.2. The highest BCUT2D eigenvalue weighted by molar-refractivity contribution is 7.85. The van der Waals surface area contributed by atoms with Crippen molar-refractivity contribution in [1.29, 1.82) is 0 Å². The van der Waals surface area contributed by atoms with E-state index in [-0.39, 0.29) is 30.6 Å². The summed E-state index contributed by atoms with van der Waals surface area (Å²) in [6.07, 6.45) is 3.21. The number of amides is 1. The van der Waals surface area contributed by atoms with E-state index < -0.39 is 10.1 Å². The van der Waals surface area contributed by atoms with Crippen molar-refractivity contribution in [1.82, 2.24) is 9.97 Å². The molecule has 1 aromatic carbocycles. The maximum atomic E-state index is 13.2. The Kier molecular flexibility index (Phi) is 6.30. The number of hydrogen-bond acceptors (Lipinski definition) is 7. The molecule has 1 aliphatic rings. The molecule has 0 aliphatic heterocycles. The van der Waals surface area contributed by atoms with Crippen LogP contribution in [0.4, 0.5) is 17.2 Å². The van der Waals surface area contributed by atoms with Gasteiger partial charge in [0, 0.05) is 36.5 Å². The zero-order valence-corrected chi connectivity index (χ0v) is 19.0. The van der Waals surface area contributed by atoms with Gasteiger partial charge in [-0.05, 0) is 36.6 Å². The standard InChI is InChI=1S/C23H24N4O5S/c1-14(28)25-20-12-16(8-9-24-20)22-23(26-17-6-4-3-5-7-17)21-18(27-22)10-15(11-19(21)29)13-32-33(2,30)31/h3-9,12,15,26-27H,10-11,13H2,1-2H3,(H,24,25,28). The van der Waals surface area contributed by atoms with Gasteiger partial charge in [-0.2, -0.15) is 8.42 Å². The van der Waals surface area contributed by atoms with Crippen molar-refractivity contribution in [2.45, 2.75) is 19.8 Å². The van der Waals surface area contributed by atoms with Crippen LogP contribution in [-0.2, 0) is 25.5 Å². The van der Waals surface area contributed by atoms with Crippen LogP contribution in [0.5, 0.6) is 0 Å². The summed E-state index contributed by atoms with van der Waals surface area (Å²) in [5.74, 6) is -0.209. The molecule has 9 nitrogen and oxygen atoms in total. The van der Waals surface area contributed by atoms with Crippen molar-refractivity contribution in [3.8, 4) is 11.3 Å². The van der Waals surface area contributed by atoms with E-state index in [1.54, 1.807) is 18.3 Å². The molecule has 0 fully saturated rings. The summed E-state index contributed by atoms with van der Waals surface area (Å²) in [5, 5.41) is 6.02. The lowest BCUT2D eigenvalue weighted by Gasteiger charge is -2.21. The first kappa shape index (κ1) is 22.7. The van der Waals surface area contributed by atoms with E-state index in [1.807, 2.05) is 30.3 Å². The van der Waals surface area contributed by atoms with E-state index in [0.717, 1.165) is 17.5 Å². The lowest BCUT2D eigenvalue weighted by Crippen LogP contribution is -2.25. The summed E-state index contributed by atoms with van der Waals surface area (Å²) in [7, 11) is -3.60. The van der Waals surface area contributed by atoms with Crippen molar-refractivity contribution in [2.24, 2.45) is 5.92 Å². The number of fused-ring (bicyclic) bond motifs is 1. The monoisotopic (exact) mass is 468 g/mol. The van der Waals surface area contributed by atoms with Gasteiger partial charge >= 0.3 is 0 Å². The lowest BCUT2D eigenvalue weighted by atomic mass is 9.86. The van der Waals surface area contributed by atoms with E-state index in [2.05, 4.69) is 20.6 Å². The SMILES string of the molecule is CC(=O)Nc1cc(-c2[nH]c3c(c2Nc2ccccc2)C(=O)CC(COS(C)(=O)=O)C3)ccn1. The van der Waals surface area contributed by atoms with Gasteiger partial charge in [0.25, 0.3) is 10.1 Å². The summed E-state index contributed by atoms with van der Waals surface area (Å²) in [6.45, 7) is 1.35. The third-order valence-corrected chi connectivity index (χ3v) is 5.80. The molecule has 1 aliphatic carbocycles. The van der Waals surface area contributed by atoms with Gasteiger partial charge < -0.3 is 15.6 Å². The minimum Gasteiger partial charge on any atom is -0.356 e. The van der Waals surface area contributed by atoms with E-state index in [0.29, 0.717) is 34.9 Å². The van der Waals surface area contributed by atoms with Crippen molar-refractivity contribution < 1.29 is 22.2 Å². The largest absolute Gasteiger partial charge is 0.356 e. The molecule has 0 saturated heterocycles. The molecule has 1 unspecified atom stereocenters. The molecule has 4 rings (SSSR count). The normalized spacial score (nSPS) is 15.7. The van der Waals surface area contributed by atoms with Gasteiger partial charge in [0.05, 0.1) is 29.8 Å². The Bertz CT molecular complexity index is 1300. The number of anilines is 3. The molecule has 0 bridgehead atoms. The van der Waals surface area contributed by atoms with Crippen LogP contribution in [0, 0.1) is 5.92 Å². The van der Waals surface area contributed by atoms with Crippen LogP contribution in [0.2, 0.25) is 0 Å². The Balaban J connectivity index is 1.75. The summed E-state index contributed by atoms with van der Waals surface area (Å²) in [4.78, 5) is 32.1. The van der Waals surface area contributed by atoms with Crippen LogP contribution in [0.1, 0.15) is 29.4 Å². The fourth-order valence-corrected chi connectivity index (χ4v) is 4.36. The van der Waals surface area contributed by atoms with E-state index in [1.165, 1.54) is 6.92 Å². The molecule has 0 saturated carbocycles. The number of nitrogens with one attached hydrogen (secondary N) is 3. The Hall–Kier alpha value is -3.50. The van der Waals surface area contributed by atoms with Crippen LogP contribution in [-0.4, -0.2) is 42.9 Å². The second-order valence-corrected chi connectivity index (χ2v) is 9.66. The second-order valence-electron chi connectivity index (χ2n) is 8.02. The van der Waals surface area contributed by atoms with E-state index in [9.17, 15) is 18.0 Å². The highest BCUT2D eigenvalue weighted by Gasteiger charge is 2.32. The molecule has 2 heterocycles. The molecule has 0 radical (unpaired) electrons. The average Bonchev–Trinajstić information content (AvgIpc) is 3.11. The first-order chi connectivity index (χ1) is 15.7. The molecule has 10 heteroatoms. The minimum atomic E-state index is -3.60. The highest BCUT2D eigenvalue weighted by Crippen LogP contribution is 2.40. The van der Waals surface area contributed by atoms with Crippen molar-refractivity contribution >= 4 is 39.0 Å². The number of benzene rings is 1. The Morgan fingerprint density at radius 1 is 1.21 bits per heavy atom. The van der Waals surface area contributed by atoms with Crippen LogP contribution in [0.25, 0.3) is 11.3 Å². The summed E-state index contributed by atoms with van der Waals surface area (Å²) < 4.78 is 27.7. The van der Waals surface area contributed by atoms with Gasteiger partial charge in [-0.25, -0.2) is 4.98 Å². The molecule has 3 N–H and O–H groups in total. The third-order valence-electron chi connectivity index (χ3n) is 5.24. The maximum Gasteiger partial charge on any atom is 0.264 e. The predicted molar refractivity (Wildman–Crippen MR) is 125 cm³/mol. The number of carbonyl (C=O) groups excluding carboxylic acids is 2.